The van der Waals surface area contributed by atoms with Gasteiger partial charge in [-0.15, -0.1) is 0 Å². The number of hydrogen-bond donors (Lipinski definition) is 2. The molecule has 0 fully saturated rings. The molecule has 0 bridgehead atoms. The lowest BCUT2D eigenvalue weighted by atomic mass is 10.3. The van der Waals surface area contributed by atoms with Gasteiger partial charge in [0.05, 0.1) is 6.42 Å². The van der Waals surface area contributed by atoms with Crippen LogP contribution >= 0.6 is 0 Å². The Morgan fingerprint density at radius 1 is 1.50 bits per heavy atom. The lowest BCUT2D eigenvalue weighted by molar-refractivity contribution is -0.138. The first-order valence-electron chi connectivity index (χ1n) is 3.97. The molecule has 0 aliphatic rings. The van der Waals surface area contributed by atoms with Crippen LogP contribution in [-0.4, -0.2) is 17.3 Å². The van der Waals surface area contributed by atoms with E-state index in [4.69, 9.17) is 15.6 Å². The number of nitrogens with two attached hydrogens (primary N) is 1. The number of halogens is 1. The Kier molecular flexibility index (Phi) is 3.41. The molecule has 0 aliphatic heterocycles. The highest BCUT2D eigenvalue weighted by Crippen LogP contribution is 2.12. The second-order valence-electron chi connectivity index (χ2n) is 2.71. The molecule has 3 N–H and O–H groups in total. The molecule has 5 heteroatoms. The highest BCUT2D eigenvalue weighted by Gasteiger charge is 2.09. The van der Waals surface area contributed by atoms with Crippen molar-refractivity contribution in [1.29, 1.82) is 0 Å². The van der Waals surface area contributed by atoms with Crippen LogP contribution in [0.4, 0.5) is 4.39 Å². The Hall–Kier alpha value is -1.62. The molecule has 1 rings (SSSR count). The lowest BCUT2D eigenvalue weighted by Gasteiger charge is -2.11. The molecular formula is C9H10FNO3. The van der Waals surface area contributed by atoms with Gasteiger partial charge < -0.3 is 9.84 Å². The maximum atomic E-state index is 12.5. The van der Waals surface area contributed by atoms with Crippen molar-refractivity contribution < 1.29 is 19.0 Å². The van der Waals surface area contributed by atoms with E-state index in [1.165, 1.54) is 24.3 Å². The van der Waals surface area contributed by atoms with Gasteiger partial charge in [-0.05, 0) is 24.3 Å². The van der Waals surface area contributed by atoms with Crippen LogP contribution in [0.5, 0.6) is 5.75 Å². The van der Waals surface area contributed by atoms with Crippen LogP contribution in [0.3, 0.4) is 0 Å². The summed E-state index contributed by atoms with van der Waals surface area (Å²) < 4.78 is 17.5. The topological polar surface area (TPSA) is 72.6 Å². The summed E-state index contributed by atoms with van der Waals surface area (Å²) in [6.07, 6.45) is -1.21. The summed E-state index contributed by atoms with van der Waals surface area (Å²) in [4.78, 5) is 10.2. The molecular weight excluding hydrogens is 189 g/mol. The Bertz CT molecular complexity index is 312. The van der Waals surface area contributed by atoms with Crippen molar-refractivity contribution in [2.24, 2.45) is 5.73 Å². The molecule has 1 atom stereocenters. The molecule has 1 aromatic carbocycles. The molecule has 0 spiro atoms. The van der Waals surface area contributed by atoms with Gasteiger partial charge in [0.15, 0.2) is 6.23 Å². The molecule has 0 aromatic heterocycles. The third-order valence-electron chi connectivity index (χ3n) is 1.48. The molecule has 4 nitrogen and oxygen atoms in total. The number of benzene rings is 1. The van der Waals surface area contributed by atoms with E-state index in [1.54, 1.807) is 0 Å². The lowest BCUT2D eigenvalue weighted by Crippen LogP contribution is -2.29. The first-order valence-corrected chi connectivity index (χ1v) is 3.97. The molecule has 14 heavy (non-hydrogen) atoms. The van der Waals surface area contributed by atoms with E-state index in [-0.39, 0.29) is 12.2 Å². The van der Waals surface area contributed by atoms with E-state index < -0.39 is 12.2 Å². The smallest absolute Gasteiger partial charge is 0.308 e. The third-order valence-corrected chi connectivity index (χ3v) is 1.48. The van der Waals surface area contributed by atoms with Crippen molar-refractivity contribution in [3.05, 3.63) is 30.1 Å². The Labute approximate surface area is 80.1 Å². The van der Waals surface area contributed by atoms with Gasteiger partial charge in [-0.2, -0.15) is 0 Å². The summed E-state index contributed by atoms with van der Waals surface area (Å²) in [6, 6.07) is 5.19. The minimum absolute atomic E-state index is 0.294. The Balaban J connectivity index is 2.51. The molecule has 0 amide bonds. The number of aliphatic carboxylic acids is 1. The van der Waals surface area contributed by atoms with Crippen molar-refractivity contribution in [3.8, 4) is 5.75 Å². The molecule has 0 heterocycles. The van der Waals surface area contributed by atoms with E-state index in [9.17, 15) is 9.18 Å². The first-order chi connectivity index (χ1) is 6.58. The van der Waals surface area contributed by atoms with Crippen molar-refractivity contribution >= 4 is 5.97 Å². The average Bonchev–Trinajstić information content (AvgIpc) is 2.07. The number of ether oxygens (including phenoxy) is 1. The minimum Gasteiger partial charge on any atom is -0.481 e. The fourth-order valence-electron chi connectivity index (χ4n) is 0.902. The molecule has 0 radical (unpaired) electrons. The highest BCUT2D eigenvalue weighted by molar-refractivity contribution is 5.67. The Morgan fingerprint density at radius 3 is 2.57 bits per heavy atom. The maximum absolute atomic E-state index is 12.5. The van der Waals surface area contributed by atoms with Gasteiger partial charge in [-0.3, -0.25) is 10.5 Å². The van der Waals surface area contributed by atoms with Crippen LogP contribution in [0.15, 0.2) is 24.3 Å². The third kappa shape index (κ3) is 3.40. The van der Waals surface area contributed by atoms with Gasteiger partial charge in [0.25, 0.3) is 0 Å². The predicted molar refractivity (Wildman–Crippen MR) is 47.3 cm³/mol. The number of carbonyl (C=O) groups is 1. The van der Waals surface area contributed by atoms with E-state index in [2.05, 4.69) is 0 Å². The zero-order chi connectivity index (χ0) is 10.6. The van der Waals surface area contributed by atoms with Crippen LogP contribution in [0.25, 0.3) is 0 Å². The first kappa shape index (κ1) is 10.5. The van der Waals surface area contributed by atoms with E-state index in [1.807, 2.05) is 0 Å². The maximum Gasteiger partial charge on any atom is 0.308 e. The van der Waals surface area contributed by atoms with E-state index >= 15 is 0 Å². The Morgan fingerprint density at radius 2 is 2.07 bits per heavy atom. The molecule has 0 saturated heterocycles. The summed E-state index contributed by atoms with van der Waals surface area (Å²) in [5, 5.41) is 8.39. The second-order valence-corrected chi connectivity index (χ2v) is 2.71. The molecule has 76 valence electrons. The second kappa shape index (κ2) is 4.57. The normalized spacial score (nSPS) is 12.1. The van der Waals surface area contributed by atoms with Crippen molar-refractivity contribution in [3.63, 3.8) is 0 Å². The van der Waals surface area contributed by atoms with Crippen LogP contribution in [-0.2, 0) is 4.79 Å². The van der Waals surface area contributed by atoms with Gasteiger partial charge >= 0.3 is 5.97 Å². The number of hydrogen-bond acceptors (Lipinski definition) is 3. The van der Waals surface area contributed by atoms with Crippen molar-refractivity contribution in [2.75, 3.05) is 0 Å². The van der Waals surface area contributed by atoms with E-state index in [0.717, 1.165) is 0 Å². The number of rotatable bonds is 4. The molecule has 1 unspecified atom stereocenters. The van der Waals surface area contributed by atoms with Crippen LogP contribution in [0.2, 0.25) is 0 Å². The standard InChI is InChI=1S/C9H10FNO3/c10-6-1-3-7(4-2-6)14-8(11)5-9(12)13/h1-4,8H,5,11H2,(H,12,13). The number of carboxylic acid groups (broad SMARTS) is 1. The van der Waals surface area contributed by atoms with E-state index in [0.29, 0.717) is 5.75 Å². The number of carboxylic acids is 1. The summed E-state index contributed by atoms with van der Waals surface area (Å²) in [7, 11) is 0. The highest BCUT2D eigenvalue weighted by atomic mass is 19.1. The van der Waals surface area contributed by atoms with Crippen LogP contribution < -0.4 is 10.5 Å². The SMILES string of the molecule is NC(CC(=O)O)Oc1ccc(F)cc1. The van der Waals surface area contributed by atoms with Crippen LogP contribution in [0.1, 0.15) is 6.42 Å². The average molecular weight is 199 g/mol. The van der Waals surface area contributed by atoms with Gasteiger partial charge in [-0.25, -0.2) is 4.39 Å². The van der Waals surface area contributed by atoms with Gasteiger partial charge in [0, 0.05) is 0 Å². The van der Waals surface area contributed by atoms with Gasteiger partial charge in [0.1, 0.15) is 11.6 Å². The van der Waals surface area contributed by atoms with Crippen molar-refractivity contribution in [2.45, 2.75) is 12.6 Å². The predicted octanol–water partition coefficient (Wildman–Crippen LogP) is 0.964. The summed E-state index contributed by atoms with van der Waals surface area (Å²) >= 11 is 0. The van der Waals surface area contributed by atoms with Crippen molar-refractivity contribution in [1.82, 2.24) is 0 Å². The molecule has 0 aliphatic carbocycles. The largest absolute Gasteiger partial charge is 0.481 e. The van der Waals surface area contributed by atoms with Gasteiger partial charge in [0.2, 0.25) is 0 Å². The fourth-order valence-corrected chi connectivity index (χ4v) is 0.902. The fraction of sp³-hybridized carbons (Fsp3) is 0.222. The molecule has 1 aromatic rings. The molecule has 0 saturated carbocycles. The van der Waals surface area contributed by atoms with Crippen LogP contribution in [0, 0.1) is 5.82 Å². The minimum atomic E-state index is -1.04. The zero-order valence-corrected chi connectivity index (χ0v) is 7.31. The zero-order valence-electron chi connectivity index (χ0n) is 7.31. The summed E-state index contributed by atoms with van der Waals surface area (Å²) in [5.41, 5.74) is 5.35. The summed E-state index contributed by atoms with van der Waals surface area (Å²) in [5.74, 6) is -1.08. The monoisotopic (exact) mass is 199 g/mol. The van der Waals surface area contributed by atoms with Gasteiger partial charge in [-0.1, -0.05) is 0 Å². The quantitative estimate of drug-likeness (QED) is 0.708. The summed E-state index contributed by atoms with van der Waals surface area (Å²) in [6.45, 7) is 0.